The van der Waals surface area contributed by atoms with Crippen molar-refractivity contribution in [2.75, 3.05) is 20.0 Å². The summed E-state index contributed by atoms with van der Waals surface area (Å²) in [7, 11) is 3.28. The van der Waals surface area contributed by atoms with E-state index < -0.39 is 0 Å². The molecule has 0 aliphatic heterocycles. The number of anilines is 1. The van der Waals surface area contributed by atoms with Crippen LogP contribution in [-0.4, -0.2) is 19.2 Å². The smallest absolute Gasteiger partial charge is 0.142 e. The molecule has 0 bridgehead atoms. The molecule has 170 valence electrons. The van der Waals surface area contributed by atoms with E-state index in [1.165, 1.54) is 12.8 Å². The van der Waals surface area contributed by atoms with Crippen LogP contribution in [0.25, 0.3) is 11.1 Å². The van der Waals surface area contributed by atoms with Crippen molar-refractivity contribution >= 4 is 5.82 Å². The average Bonchev–Trinajstić information content (AvgIpc) is 2.83. The fourth-order valence-electron chi connectivity index (χ4n) is 4.40. The Labute approximate surface area is 194 Å². The zero-order valence-corrected chi connectivity index (χ0v) is 19.2. The Hall–Kier alpha value is -3.72. The molecule has 0 fully saturated rings. The standard InChI is InChI=1S/C27H29N3O3/c1-31-20-11-13-21(14-12-20)33-17-19-10-9-18(15-25(19)32-2)26-22-7-5-3-4-6-8-24(22)30-27(29)23(26)16-28/h9-15H,3-8,17H2,1-2H3,(H2,29,30). The first kappa shape index (κ1) is 22.5. The van der Waals surface area contributed by atoms with Crippen molar-refractivity contribution < 1.29 is 14.2 Å². The predicted molar refractivity (Wildman–Crippen MR) is 129 cm³/mol. The summed E-state index contributed by atoms with van der Waals surface area (Å²) in [5, 5.41) is 9.89. The van der Waals surface area contributed by atoms with Crippen LogP contribution in [0.4, 0.5) is 5.82 Å². The molecule has 1 aliphatic rings. The largest absolute Gasteiger partial charge is 0.497 e. The zero-order chi connectivity index (χ0) is 23.2. The van der Waals surface area contributed by atoms with Gasteiger partial charge in [-0.2, -0.15) is 5.26 Å². The van der Waals surface area contributed by atoms with Crippen LogP contribution in [0.2, 0.25) is 0 Å². The van der Waals surface area contributed by atoms with Crippen LogP contribution in [0.1, 0.15) is 48.1 Å². The van der Waals surface area contributed by atoms with Gasteiger partial charge in [-0.1, -0.05) is 25.0 Å². The number of hydrogen-bond donors (Lipinski definition) is 1. The number of nitrogens with two attached hydrogens (primary N) is 1. The van der Waals surface area contributed by atoms with Crippen molar-refractivity contribution in [3.63, 3.8) is 0 Å². The molecule has 0 saturated carbocycles. The number of nitrogen functional groups attached to an aromatic ring is 1. The summed E-state index contributed by atoms with van der Waals surface area (Å²) >= 11 is 0. The lowest BCUT2D eigenvalue weighted by Gasteiger charge is -2.20. The number of ether oxygens (including phenoxy) is 3. The lowest BCUT2D eigenvalue weighted by Crippen LogP contribution is -2.10. The number of nitrogens with zero attached hydrogens (tertiary/aromatic N) is 2. The highest BCUT2D eigenvalue weighted by Crippen LogP contribution is 2.37. The van der Waals surface area contributed by atoms with Gasteiger partial charge in [0.1, 0.15) is 41.3 Å². The van der Waals surface area contributed by atoms with Gasteiger partial charge in [0.25, 0.3) is 0 Å². The van der Waals surface area contributed by atoms with E-state index in [2.05, 4.69) is 11.1 Å². The van der Waals surface area contributed by atoms with Crippen molar-refractivity contribution in [1.82, 2.24) is 4.98 Å². The Morgan fingerprint density at radius 1 is 0.939 bits per heavy atom. The number of methoxy groups -OCH3 is 2. The van der Waals surface area contributed by atoms with E-state index in [4.69, 9.17) is 19.9 Å². The summed E-state index contributed by atoms with van der Waals surface area (Å²) in [6.07, 6.45) is 6.36. The van der Waals surface area contributed by atoms with Gasteiger partial charge < -0.3 is 19.9 Å². The molecule has 1 aromatic heterocycles. The number of pyridine rings is 1. The zero-order valence-electron chi connectivity index (χ0n) is 19.2. The minimum atomic E-state index is 0.303. The van der Waals surface area contributed by atoms with E-state index in [0.29, 0.717) is 23.7 Å². The van der Waals surface area contributed by atoms with E-state index in [0.717, 1.165) is 65.1 Å². The van der Waals surface area contributed by atoms with Gasteiger partial charge in [-0.3, -0.25) is 0 Å². The number of fused-ring (bicyclic) bond motifs is 1. The van der Waals surface area contributed by atoms with Crippen molar-refractivity contribution in [2.45, 2.75) is 45.1 Å². The number of aromatic nitrogens is 1. The summed E-state index contributed by atoms with van der Waals surface area (Å²) in [5.41, 5.74) is 11.6. The maximum Gasteiger partial charge on any atom is 0.142 e. The van der Waals surface area contributed by atoms with Gasteiger partial charge in [0, 0.05) is 16.8 Å². The second-order valence-electron chi connectivity index (χ2n) is 8.19. The molecule has 33 heavy (non-hydrogen) atoms. The predicted octanol–water partition coefficient (Wildman–Crippen LogP) is 5.46. The Morgan fingerprint density at radius 2 is 1.67 bits per heavy atom. The molecule has 0 atom stereocenters. The van der Waals surface area contributed by atoms with Gasteiger partial charge in [-0.15, -0.1) is 0 Å². The van der Waals surface area contributed by atoms with E-state index in [1.807, 2.05) is 42.5 Å². The number of rotatable bonds is 6. The first-order valence-corrected chi connectivity index (χ1v) is 11.3. The molecule has 1 heterocycles. The van der Waals surface area contributed by atoms with Crippen LogP contribution in [-0.2, 0) is 19.4 Å². The highest BCUT2D eigenvalue weighted by atomic mass is 16.5. The topological polar surface area (TPSA) is 90.4 Å². The SMILES string of the molecule is COc1ccc(OCc2ccc(-c3c(C#N)c(N)nc4c3CCCCCC4)cc2OC)cc1. The van der Waals surface area contributed by atoms with Crippen LogP contribution in [0, 0.1) is 11.3 Å². The van der Waals surface area contributed by atoms with E-state index in [-0.39, 0.29) is 0 Å². The summed E-state index contributed by atoms with van der Waals surface area (Å²) in [4.78, 5) is 4.60. The molecule has 0 spiro atoms. The molecule has 2 aromatic carbocycles. The van der Waals surface area contributed by atoms with Crippen LogP contribution in [0.15, 0.2) is 42.5 Å². The van der Waals surface area contributed by atoms with E-state index >= 15 is 0 Å². The Morgan fingerprint density at radius 3 is 2.36 bits per heavy atom. The number of nitriles is 1. The van der Waals surface area contributed by atoms with Crippen molar-refractivity contribution in [3.05, 3.63) is 64.8 Å². The minimum absolute atomic E-state index is 0.303. The summed E-state index contributed by atoms with van der Waals surface area (Å²) in [5.74, 6) is 2.54. The molecule has 1 aliphatic carbocycles. The Balaban J connectivity index is 1.69. The van der Waals surface area contributed by atoms with Crippen LogP contribution in [0.5, 0.6) is 17.2 Å². The number of benzene rings is 2. The first-order chi connectivity index (χ1) is 16.1. The maximum atomic E-state index is 9.89. The summed E-state index contributed by atoms with van der Waals surface area (Å²) < 4.78 is 16.8. The van der Waals surface area contributed by atoms with Gasteiger partial charge in [0.15, 0.2) is 0 Å². The number of aryl methyl sites for hydroxylation is 1. The second kappa shape index (κ2) is 10.3. The van der Waals surface area contributed by atoms with E-state index in [9.17, 15) is 5.26 Å². The first-order valence-electron chi connectivity index (χ1n) is 11.3. The highest BCUT2D eigenvalue weighted by molar-refractivity contribution is 5.80. The average molecular weight is 444 g/mol. The molecular weight excluding hydrogens is 414 g/mol. The lowest BCUT2D eigenvalue weighted by molar-refractivity contribution is 0.296. The second-order valence-corrected chi connectivity index (χ2v) is 8.19. The minimum Gasteiger partial charge on any atom is -0.497 e. The molecule has 0 radical (unpaired) electrons. The third-order valence-corrected chi connectivity index (χ3v) is 6.14. The van der Waals surface area contributed by atoms with Crippen LogP contribution >= 0.6 is 0 Å². The van der Waals surface area contributed by atoms with Gasteiger partial charge in [-0.25, -0.2) is 4.98 Å². The van der Waals surface area contributed by atoms with Gasteiger partial charge in [0.2, 0.25) is 0 Å². The van der Waals surface area contributed by atoms with Gasteiger partial charge >= 0.3 is 0 Å². The van der Waals surface area contributed by atoms with Crippen LogP contribution < -0.4 is 19.9 Å². The lowest BCUT2D eigenvalue weighted by atomic mass is 9.87. The molecular formula is C27H29N3O3. The highest BCUT2D eigenvalue weighted by Gasteiger charge is 2.21. The molecule has 2 N–H and O–H groups in total. The fourth-order valence-corrected chi connectivity index (χ4v) is 4.40. The maximum absolute atomic E-state index is 9.89. The quantitative estimate of drug-likeness (QED) is 0.544. The molecule has 4 rings (SSSR count). The molecule has 0 unspecified atom stereocenters. The fraction of sp³-hybridized carbons (Fsp3) is 0.333. The third-order valence-electron chi connectivity index (χ3n) is 6.14. The normalized spacial score (nSPS) is 13.2. The third kappa shape index (κ3) is 4.88. The molecule has 0 amide bonds. The molecule has 6 nitrogen and oxygen atoms in total. The summed E-state index contributed by atoms with van der Waals surface area (Å²) in [6, 6.07) is 15.7. The molecule has 6 heteroatoms. The van der Waals surface area contributed by atoms with Gasteiger partial charge in [-0.05, 0) is 67.1 Å². The monoisotopic (exact) mass is 443 g/mol. The Bertz CT molecular complexity index is 1170. The molecule has 3 aromatic rings. The Kier molecular flexibility index (Phi) is 6.99. The summed E-state index contributed by atoms with van der Waals surface area (Å²) in [6.45, 7) is 0.359. The molecule has 0 saturated heterocycles. The van der Waals surface area contributed by atoms with Crippen molar-refractivity contribution in [2.24, 2.45) is 0 Å². The van der Waals surface area contributed by atoms with Crippen molar-refractivity contribution in [3.8, 4) is 34.4 Å². The van der Waals surface area contributed by atoms with Crippen LogP contribution in [0.3, 0.4) is 0 Å². The van der Waals surface area contributed by atoms with E-state index in [1.54, 1.807) is 14.2 Å². The van der Waals surface area contributed by atoms with Gasteiger partial charge in [0.05, 0.1) is 14.2 Å². The van der Waals surface area contributed by atoms with Crippen molar-refractivity contribution in [1.29, 1.82) is 5.26 Å². The number of hydrogen-bond acceptors (Lipinski definition) is 6.